The minimum absolute atomic E-state index is 0. The number of hydrogen-bond acceptors (Lipinski definition) is 3. The lowest BCUT2D eigenvalue weighted by Crippen LogP contribution is -2.39. The van der Waals surface area contributed by atoms with E-state index in [9.17, 15) is 4.39 Å². The Morgan fingerprint density at radius 2 is 2.21 bits per heavy atom. The van der Waals surface area contributed by atoms with Gasteiger partial charge in [-0.25, -0.2) is 4.39 Å². The van der Waals surface area contributed by atoms with Crippen LogP contribution in [-0.4, -0.2) is 31.9 Å². The van der Waals surface area contributed by atoms with Crippen LogP contribution in [0.2, 0.25) is 0 Å². The predicted molar refractivity (Wildman–Crippen MR) is 102 cm³/mol. The molecule has 134 valence electrons. The number of rotatable bonds is 5. The van der Waals surface area contributed by atoms with Gasteiger partial charge in [0.2, 0.25) is 0 Å². The quantitative estimate of drug-likeness (QED) is 0.413. The second kappa shape index (κ2) is 8.84. The maximum Gasteiger partial charge on any atom is 0.191 e. The average molecular weight is 449 g/mol. The van der Waals surface area contributed by atoms with Crippen molar-refractivity contribution in [1.82, 2.24) is 10.6 Å². The van der Waals surface area contributed by atoms with Crippen LogP contribution in [0, 0.1) is 11.7 Å². The van der Waals surface area contributed by atoms with E-state index in [1.54, 1.807) is 0 Å². The minimum atomic E-state index is -0.256. The Hall–Kier alpha value is -1.09. The summed E-state index contributed by atoms with van der Waals surface area (Å²) in [6.07, 6.45) is 1.83. The standard InChI is InChI=1S/C17H24FN3O2.HI/c1-3-19-17(21-15-6-11(15)2)20-5-4-12-7-14(18)8-13-9-22-10-23-16(12)13;/h7-8,11,15H,3-6,9-10H2,1-2H3,(H2,19,20,21);1H. The van der Waals surface area contributed by atoms with Crippen molar-refractivity contribution in [2.24, 2.45) is 10.9 Å². The molecular formula is C17H25FIN3O2. The van der Waals surface area contributed by atoms with Gasteiger partial charge in [0.15, 0.2) is 12.8 Å². The number of fused-ring (bicyclic) bond motifs is 1. The lowest BCUT2D eigenvalue weighted by atomic mass is 10.1. The van der Waals surface area contributed by atoms with Gasteiger partial charge in [0, 0.05) is 24.7 Å². The van der Waals surface area contributed by atoms with E-state index in [-0.39, 0.29) is 36.6 Å². The molecule has 0 amide bonds. The molecule has 1 saturated carbocycles. The Morgan fingerprint density at radius 1 is 1.42 bits per heavy atom. The number of guanidine groups is 1. The van der Waals surface area contributed by atoms with Gasteiger partial charge in [-0.05, 0) is 43.4 Å². The van der Waals surface area contributed by atoms with Gasteiger partial charge >= 0.3 is 0 Å². The Balaban J connectivity index is 0.00000208. The second-order valence-corrected chi connectivity index (χ2v) is 6.14. The highest BCUT2D eigenvalue weighted by molar-refractivity contribution is 14.0. The van der Waals surface area contributed by atoms with Gasteiger partial charge in [-0.2, -0.15) is 0 Å². The summed E-state index contributed by atoms with van der Waals surface area (Å²) >= 11 is 0. The molecule has 0 radical (unpaired) electrons. The third kappa shape index (κ3) is 4.95. The summed E-state index contributed by atoms with van der Waals surface area (Å²) in [4.78, 5) is 4.59. The van der Waals surface area contributed by atoms with E-state index in [2.05, 4.69) is 22.5 Å². The van der Waals surface area contributed by atoms with Gasteiger partial charge in [0.05, 0.1) is 6.61 Å². The Labute approximate surface area is 159 Å². The van der Waals surface area contributed by atoms with E-state index >= 15 is 0 Å². The summed E-state index contributed by atoms with van der Waals surface area (Å²) in [6.45, 7) is 6.29. The molecule has 0 bridgehead atoms. The molecule has 5 nitrogen and oxygen atoms in total. The van der Waals surface area contributed by atoms with E-state index in [1.165, 1.54) is 18.6 Å². The summed E-state index contributed by atoms with van der Waals surface area (Å²) in [7, 11) is 0. The van der Waals surface area contributed by atoms with Crippen LogP contribution in [0.15, 0.2) is 17.1 Å². The Bertz CT molecular complexity index is 597. The van der Waals surface area contributed by atoms with Crippen LogP contribution in [0.4, 0.5) is 4.39 Å². The first-order chi connectivity index (χ1) is 11.2. The van der Waals surface area contributed by atoms with E-state index in [0.717, 1.165) is 29.4 Å². The number of benzene rings is 1. The predicted octanol–water partition coefficient (Wildman–Crippen LogP) is 2.82. The fourth-order valence-corrected chi connectivity index (χ4v) is 2.75. The van der Waals surface area contributed by atoms with Crippen molar-refractivity contribution in [3.8, 4) is 5.75 Å². The summed E-state index contributed by atoms with van der Waals surface area (Å²) < 4.78 is 24.5. The molecule has 1 aromatic carbocycles. The molecule has 24 heavy (non-hydrogen) atoms. The van der Waals surface area contributed by atoms with Crippen LogP contribution in [0.25, 0.3) is 0 Å². The third-order valence-electron chi connectivity index (χ3n) is 4.18. The number of ether oxygens (including phenoxy) is 2. The van der Waals surface area contributed by atoms with Crippen molar-refractivity contribution in [3.63, 3.8) is 0 Å². The second-order valence-electron chi connectivity index (χ2n) is 6.14. The highest BCUT2D eigenvalue weighted by Crippen LogP contribution is 2.30. The van der Waals surface area contributed by atoms with Crippen molar-refractivity contribution >= 4 is 29.9 Å². The Morgan fingerprint density at radius 3 is 2.92 bits per heavy atom. The van der Waals surface area contributed by atoms with Crippen molar-refractivity contribution in [3.05, 3.63) is 29.1 Å². The van der Waals surface area contributed by atoms with Gasteiger partial charge < -0.3 is 20.1 Å². The lowest BCUT2D eigenvalue weighted by Gasteiger charge is -2.20. The molecule has 0 aromatic heterocycles. The minimum Gasteiger partial charge on any atom is -0.467 e. The normalized spacial score (nSPS) is 22.0. The van der Waals surface area contributed by atoms with Crippen molar-refractivity contribution in [1.29, 1.82) is 0 Å². The molecule has 0 saturated heterocycles. The molecule has 1 aromatic rings. The molecule has 1 heterocycles. The maximum absolute atomic E-state index is 13.7. The molecule has 0 spiro atoms. The van der Waals surface area contributed by atoms with Crippen LogP contribution in [0.1, 0.15) is 31.4 Å². The number of nitrogens with zero attached hydrogens (tertiary/aromatic N) is 1. The van der Waals surface area contributed by atoms with Crippen LogP contribution >= 0.6 is 24.0 Å². The zero-order chi connectivity index (χ0) is 16.2. The number of halogens is 2. The molecule has 2 aliphatic rings. The number of hydrogen-bond donors (Lipinski definition) is 2. The average Bonchev–Trinajstić information content (AvgIpc) is 3.22. The molecule has 3 rings (SSSR count). The highest BCUT2D eigenvalue weighted by Gasteiger charge is 2.33. The first-order valence-electron chi connectivity index (χ1n) is 8.24. The van der Waals surface area contributed by atoms with Crippen LogP contribution in [-0.2, 0) is 17.8 Å². The van der Waals surface area contributed by atoms with E-state index in [0.29, 0.717) is 31.5 Å². The van der Waals surface area contributed by atoms with Gasteiger partial charge in [-0.1, -0.05) is 6.92 Å². The zero-order valence-corrected chi connectivity index (χ0v) is 16.4. The fourth-order valence-electron chi connectivity index (χ4n) is 2.75. The first-order valence-corrected chi connectivity index (χ1v) is 8.24. The zero-order valence-electron chi connectivity index (χ0n) is 14.1. The number of aliphatic imine (C=N–C) groups is 1. The van der Waals surface area contributed by atoms with Gasteiger partial charge in [-0.15, -0.1) is 24.0 Å². The molecule has 2 N–H and O–H groups in total. The molecule has 1 aliphatic heterocycles. The van der Waals surface area contributed by atoms with Gasteiger partial charge in [-0.3, -0.25) is 4.99 Å². The van der Waals surface area contributed by atoms with Crippen molar-refractivity contribution < 1.29 is 13.9 Å². The summed E-state index contributed by atoms with van der Waals surface area (Å²) in [5.41, 5.74) is 1.62. The Kier molecular flexibility index (Phi) is 7.09. The molecule has 7 heteroatoms. The SMILES string of the molecule is CCNC(=NCCc1cc(F)cc2c1OCOC2)NC1CC1C.I. The first kappa shape index (κ1) is 19.2. The smallest absolute Gasteiger partial charge is 0.191 e. The molecule has 1 aliphatic carbocycles. The monoisotopic (exact) mass is 449 g/mol. The lowest BCUT2D eigenvalue weighted by molar-refractivity contribution is -0.0172. The number of nitrogens with one attached hydrogen (secondary N) is 2. The molecule has 2 atom stereocenters. The van der Waals surface area contributed by atoms with Crippen LogP contribution in [0.3, 0.4) is 0 Å². The summed E-state index contributed by atoms with van der Waals surface area (Å²) in [5.74, 6) is 2.04. The highest BCUT2D eigenvalue weighted by atomic mass is 127. The largest absolute Gasteiger partial charge is 0.467 e. The summed E-state index contributed by atoms with van der Waals surface area (Å²) in [5, 5.41) is 6.66. The van der Waals surface area contributed by atoms with Gasteiger partial charge in [0.25, 0.3) is 0 Å². The van der Waals surface area contributed by atoms with Crippen LogP contribution < -0.4 is 15.4 Å². The van der Waals surface area contributed by atoms with E-state index < -0.39 is 0 Å². The van der Waals surface area contributed by atoms with Crippen molar-refractivity contribution in [2.45, 2.75) is 39.3 Å². The molecule has 2 unspecified atom stereocenters. The van der Waals surface area contributed by atoms with E-state index in [1.807, 2.05) is 6.92 Å². The molecular weight excluding hydrogens is 424 g/mol. The van der Waals surface area contributed by atoms with Gasteiger partial charge in [0.1, 0.15) is 11.6 Å². The van der Waals surface area contributed by atoms with E-state index in [4.69, 9.17) is 9.47 Å². The fraction of sp³-hybridized carbons (Fsp3) is 0.588. The molecule has 1 fully saturated rings. The maximum atomic E-state index is 13.7. The topological polar surface area (TPSA) is 54.9 Å². The van der Waals surface area contributed by atoms with Crippen LogP contribution in [0.5, 0.6) is 5.75 Å². The summed E-state index contributed by atoms with van der Waals surface area (Å²) in [6, 6.07) is 3.53. The third-order valence-corrected chi connectivity index (χ3v) is 4.18. The van der Waals surface area contributed by atoms with Crippen molar-refractivity contribution in [2.75, 3.05) is 19.9 Å².